The van der Waals surface area contributed by atoms with Crippen LogP contribution >= 0.6 is 0 Å². The molecule has 1 aromatic carbocycles. The minimum atomic E-state index is -0.177. The first kappa shape index (κ1) is 13.3. The second kappa shape index (κ2) is 5.23. The Morgan fingerprint density at radius 1 is 1.22 bits per heavy atom. The predicted octanol–water partition coefficient (Wildman–Crippen LogP) is 2.80. The molecule has 0 radical (unpaired) electrons. The van der Waals surface area contributed by atoms with Crippen molar-refractivity contribution in [1.29, 1.82) is 0 Å². The van der Waals surface area contributed by atoms with Crippen LogP contribution in [0, 0.1) is 0 Å². The van der Waals surface area contributed by atoms with Crippen molar-refractivity contribution in [1.82, 2.24) is 4.90 Å². The van der Waals surface area contributed by atoms with Gasteiger partial charge in [0, 0.05) is 13.0 Å². The fourth-order valence-corrected chi connectivity index (χ4v) is 3.35. The van der Waals surface area contributed by atoms with Crippen molar-refractivity contribution in [2.75, 3.05) is 20.1 Å². The predicted molar refractivity (Wildman–Crippen MR) is 74.9 cm³/mol. The molecule has 18 heavy (non-hydrogen) atoms. The van der Waals surface area contributed by atoms with Gasteiger partial charge in [0.15, 0.2) is 0 Å². The topological polar surface area (TPSA) is 20.3 Å². The molecule has 1 heterocycles. The molecule has 1 atom stereocenters. The van der Waals surface area contributed by atoms with E-state index >= 15 is 0 Å². The number of benzene rings is 1. The maximum atomic E-state index is 12.3. The highest BCUT2D eigenvalue weighted by Gasteiger charge is 2.47. The van der Waals surface area contributed by atoms with Gasteiger partial charge in [0.25, 0.3) is 0 Å². The van der Waals surface area contributed by atoms with Gasteiger partial charge in [-0.15, -0.1) is 0 Å². The number of fused-ring (bicyclic) bond motifs is 2. The largest absolute Gasteiger partial charge is 0.305 e. The lowest BCUT2D eigenvalue weighted by atomic mass is 9.74. The third-order valence-electron chi connectivity index (χ3n) is 4.10. The summed E-state index contributed by atoms with van der Waals surface area (Å²) in [6.45, 7) is 6.03. The van der Waals surface area contributed by atoms with Gasteiger partial charge in [-0.25, -0.2) is 0 Å². The molecule has 2 aliphatic rings. The number of hydrogen-bond acceptors (Lipinski definition) is 2. The van der Waals surface area contributed by atoms with Crippen molar-refractivity contribution in [3.63, 3.8) is 0 Å². The molecule has 1 aliphatic heterocycles. The number of hydrogen-bond donors (Lipinski definition) is 0. The second-order valence-electron chi connectivity index (χ2n) is 5.18. The molecule has 2 nitrogen and oxygen atoms in total. The highest BCUT2D eigenvalue weighted by Crippen LogP contribution is 2.42. The van der Waals surface area contributed by atoms with Crippen LogP contribution < -0.4 is 0 Å². The van der Waals surface area contributed by atoms with Crippen molar-refractivity contribution in [3.05, 3.63) is 35.4 Å². The molecule has 0 N–H and O–H groups in total. The van der Waals surface area contributed by atoms with Gasteiger partial charge in [-0.3, -0.25) is 4.79 Å². The summed E-state index contributed by atoms with van der Waals surface area (Å²) in [5.41, 5.74) is 2.37. The molecule has 0 bridgehead atoms. The Kier molecular flexibility index (Phi) is 3.86. The molecule has 3 rings (SSSR count). The molecule has 0 aromatic heterocycles. The van der Waals surface area contributed by atoms with E-state index in [4.69, 9.17) is 0 Å². The Bertz CT molecular complexity index is 440. The minimum absolute atomic E-state index is 0.177. The zero-order valence-corrected chi connectivity index (χ0v) is 11.7. The zero-order chi connectivity index (χ0) is 13.2. The highest BCUT2D eigenvalue weighted by atomic mass is 16.1. The summed E-state index contributed by atoms with van der Waals surface area (Å²) in [6.07, 6.45) is 2.81. The van der Waals surface area contributed by atoms with Crippen LogP contribution in [0.15, 0.2) is 24.3 Å². The van der Waals surface area contributed by atoms with E-state index in [0.29, 0.717) is 12.2 Å². The monoisotopic (exact) mass is 245 g/mol. The first-order valence-electron chi connectivity index (χ1n) is 7.03. The maximum Gasteiger partial charge on any atom is 0.149 e. The Hall–Kier alpha value is -1.15. The standard InChI is InChI=1S/C14H17NO.C2H6/c1-15-8-4-7-14(10-15)12-6-3-2-5-11(12)9-13(14)16;1-2/h2-3,5-6H,4,7-10H2,1H3;1-2H3. The van der Waals surface area contributed by atoms with E-state index in [1.54, 1.807) is 0 Å². The van der Waals surface area contributed by atoms with Crippen LogP contribution in [0.25, 0.3) is 0 Å². The summed E-state index contributed by atoms with van der Waals surface area (Å²) in [7, 11) is 2.12. The van der Waals surface area contributed by atoms with Crippen molar-refractivity contribution in [2.45, 2.75) is 38.5 Å². The van der Waals surface area contributed by atoms with Crippen LogP contribution in [0.5, 0.6) is 0 Å². The summed E-state index contributed by atoms with van der Waals surface area (Å²) in [5.74, 6) is 0.431. The van der Waals surface area contributed by atoms with E-state index < -0.39 is 0 Å². The number of likely N-dealkylation sites (N-methyl/N-ethyl adjacent to an activating group) is 1. The van der Waals surface area contributed by atoms with E-state index in [1.807, 2.05) is 19.9 Å². The first-order valence-corrected chi connectivity index (χ1v) is 7.03. The molecular weight excluding hydrogens is 222 g/mol. The maximum absolute atomic E-state index is 12.3. The van der Waals surface area contributed by atoms with Crippen LogP contribution in [0.3, 0.4) is 0 Å². The van der Waals surface area contributed by atoms with Crippen molar-refractivity contribution in [2.24, 2.45) is 0 Å². The van der Waals surface area contributed by atoms with E-state index in [9.17, 15) is 4.79 Å². The van der Waals surface area contributed by atoms with E-state index in [0.717, 1.165) is 25.9 Å². The molecule has 1 fully saturated rings. The van der Waals surface area contributed by atoms with Crippen LogP contribution in [-0.4, -0.2) is 30.8 Å². The lowest BCUT2D eigenvalue weighted by Crippen LogP contribution is -2.47. The summed E-state index contributed by atoms with van der Waals surface area (Å²) >= 11 is 0. The molecule has 1 saturated heterocycles. The van der Waals surface area contributed by atoms with Gasteiger partial charge >= 0.3 is 0 Å². The van der Waals surface area contributed by atoms with Gasteiger partial charge in [-0.1, -0.05) is 38.1 Å². The smallest absolute Gasteiger partial charge is 0.149 e. The average molecular weight is 245 g/mol. The Balaban J connectivity index is 0.000000574. The van der Waals surface area contributed by atoms with Crippen molar-refractivity contribution < 1.29 is 4.79 Å². The Morgan fingerprint density at radius 3 is 2.67 bits per heavy atom. The van der Waals surface area contributed by atoms with Gasteiger partial charge in [0.05, 0.1) is 5.41 Å². The van der Waals surface area contributed by atoms with Gasteiger partial charge in [0.2, 0.25) is 0 Å². The number of carbonyl (C=O) groups is 1. The van der Waals surface area contributed by atoms with E-state index in [1.165, 1.54) is 11.1 Å². The zero-order valence-electron chi connectivity index (χ0n) is 11.7. The average Bonchev–Trinajstić information content (AvgIpc) is 2.65. The Morgan fingerprint density at radius 2 is 1.94 bits per heavy atom. The number of likely N-dealkylation sites (tertiary alicyclic amines) is 1. The SMILES string of the molecule is CC.CN1CCCC2(C1)C(=O)Cc1ccccc12. The summed E-state index contributed by atoms with van der Waals surface area (Å²) < 4.78 is 0. The number of rotatable bonds is 0. The van der Waals surface area contributed by atoms with Crippen LogP contribution in [0.1, 0.15) is 37.8 Å². The normalized spacial score (nSPS) is 26.7. The fourth-order valence-electron chi connectivity index (χ4n) is 3.35. The number of piperidine rings is 1. The van der Waals surface area contributed by atoms with Crippen LogP contribution in [0.4, 0.5) is 0 Å². The van der Waals surface area contributed by atoms with Gasteiger partial charge < -0.3 is 4.90 Å². The van der Waals surface area contributed by atoms with Crippen LogP contribution in [-0.2, 0) is 16.6 Å². The number of nitrogens with zero attached hydrogens (tertiary/aromatic N) is 1. The lowest BCUT2D eigenvalue weighted by molar-refractivity contribution is -0.124. The third kappa shape index (κ3) is 1.99. The highest BCUT2D eigenvalue weighted by molar-refractivity contribution is 5.97. The van der Waals surface area contributed by atoms with E-state index in [2.05, 4.69) is 30.1 Å². The van der Waals surface area contributed by atoms with Gasteiger partial charge in [0.1, 0.15) is 5.78 Å². The lowest BCUT2D eigenvalue weighted by Gasteiger charge is -2.38. The third-order valence-corrected chi connectivity index (χ3v) is 4.10. The molecule has 1 aromatic rings. The molecule has 98 valence electrons. The molecule has 1 spiro atoms. The van der Waals surface area contributed by atoms with Gasteiger partial charge in [-0.2, -0.15) is 0 Å². The van der Waals surface area contributed by atoms with E-state index in [-0.39, 0.29) is 5.41 Å². The minimum Gasteiger partial charge on any atom is -0.305 e. The van der Waals surface area contributed by atoms with Crippen molar-refractivity contribution in [3.8, 4) is 0 Å². The Labute approximate surface area is 110 Å². The number of ketones is 1. The molecular formula is C16H23NO. The summed E-state index contributed by atoms with van der Waals surface area (Å²) in [6, 6.07) is 8.36. The molecule has 1 unspecified atom stereocenters. The molecule has 0 saturated carbocycles. The molecule has 0 amide bonds. The van der Waals surface area contributed by atoms with Crippen molar-refractivity contribution >= 4 is 5.78 Å². The first-order chi connectivity index (χ1) is 8.72. The summed E-state index contributed by atoms with van der Waals surface area (Å²) in [4.78, 5) is 14.6. The summed E-state index contributed by atoms with van der Waals surface area (Å²) in [5, 5.41) is 0. The number of Topliss-reactive ketones (excluding diaryl/α,β-unsaturated/α-hetero) is 1. The quantitative estimate of drug-likeness (QED) is 0.700. The number of carbonyl (C=O) groups excluding carboxylic acids is 1. The fraction of sp³-hybridized carbons (Fsp3) is 0.562. The van der Waals surface area contributed by atoms with Crippen LogP contribution in [0.2, 0.25) is 0 Å². The molecule has 1 aliphatic carbocycles. The second-order valence-corrected chi connectivity index (χ2v) is 5.18. The van der Waals surface area contributed by atoms with Gasteiger partial charge in [-0.05, 0) is 37.6 Å². The molecule has 2 heteroatoms.